The van der Waals surface area contributed by atoms with E-state index in [9.17, 15) is 14.7 Å². The molecule has 0 unspecified atom stereocenters. The summed E-state index contributed by atoms with van der Waals surface area (Å²) in [5, 5.41) is 11.6. The van der Waals surface area contributed by atoms with Gasteiger partial charge in [0.2, 0.25) is 0 Å². The van der Waals surface area contributed by atoms with Crippen LogP contribution in [-0.2, 0) is 9.59 Å². The first-order valence-corrected chi connectivity index (χ1v) is 12.1. The number of anilines is 1. The Morgan fingerprint density at radius 3 is 2.56 bits per heavy atom. The SMILES string of the molecule is COc1ccc2nc(N3C(=O)C(=O)C(=C(O)c4ccc(C)cc4)[C@H]3c3cccc(Br)c3)sc2c1. The number of methoxy groups -OCH3 is 1. The highest BCUT2D eigenvalue weighted by atomic mass is 79.9. The van der Waals surface area contributed by atoms with Crippen LogP contribution in [-0.4, -0.2) is 28.9 Å². The maximum atomic E-state index is 13.3. The van der Waals surface area contributed by atoms with Gasteiger partial charge in [0.25, 0.3) is 5.78 Å². The Morgan fingerprint density at radius 2 is 1.85 bits per heavy atom. The predicted molar refractivity (Wildman–Crippen MR) is 136 cm³/mol. The first-order chi connectivity index (χ1) is 16.4. The van der Waals surface area contributed by atoms with Gasteiger partial charge in [0.15, 0.2) is 5.13 Å². The molecule has 0 radical (unpaired) electrons. The van der Waals surface area contributed by atoms with E-state index < -0.39 is 17.7 Å². The van der Waals surface area contributed by atoms with Gasteiger partial charge in [-0.15, -0.1) is 0 Å². The molecule has 0 aliphatic carbocycles. The summed E-state index contributed by atoms with van der Waals surface area (Å²) in [6.07, 6.45) is 0. The summed E-state index contributed by atoms with van der Waals surface area (Å²) in [5.74, 6) is -1.02. The van der Waals surface area contributed by atoms with Crippen molar-refractivity contribution in [2.45, 2.75) is 13.0 Å². The largest absolute Gasteiger partial charge is 0.507 e. The van der Waals surface area contributed by atoms with Crippen molar-refractivity contribution in [1.29, 1.82) is 0 Å². The summed E-state index contributed by atoms with van der Waals surface area (Å²) in [4.78, 5) is 32.6. The number of carbonyl (C=O) groups is 2. The third-order valence-electron chi connectivity index (χ3n) is 5.72. The van der Waals surface area contributed by atoms with Crippen molar-refractivity contribution >= 4 is 60.1 Å². The molecule has 2 heterocycles. The lowest BCUT2D eigenvalue weighted by atomic mass is 9.95. The molecule has 4 aromatic rings. The zero-order chi connectivity index (χ0) is 24.0. The van der Waals surface area contributed by atoms with E-state index in [0.717, 1.165) is 14.7 Å². The second-order valence-electron chi connectivity index (χ2n) is 7.92. The van der Waals surface area contributed by atoms with Gasteiger partial charge >= 0.3 is 5.91 Å². The number of nitrogens with zero attached hydrogens (tertiary/aromatic N) is 2. The van der Waals surface area contributed by atoms with Crippen molar-refractivity contribution in [3.05, 3.63) is 93.5 Å². The number of rotatable bonds is 4. The molecule has 1 aliphatic heterocycles. The third kappa shape index (κ3) is 3.78. The Bertz CT molecular complexity index is 1480. The van der Waals surface area contributed by atoms with Crippen LogP contribution in [0.1, 0.15) is 22.7 Å². The lowest BCUT2D eigenvalue weighted by Gasteiger charge is -2.23. The molecule has 1 N–H and O–H groups in total. The fourth-order valence-electron chi connectivity index (χ4n) is 4.01. The van der Waals surface area contributed by atoms with Gasteiger partial charge in [-0.25, -0.2) is 4.98 Å². The number of aromatic nitrogens is 1. The smallest absolute Gasteiger partial charge is 0.301 e. The normalized spacial score (nSPS) is 17.5. The Balaban J connectivity index is 1.72. The van der Waals surface area contributed by atoms with Crippen molar-refractivity contribution in [3.8, 4) is 5.75 Å². The number of ketones is 1. The van der Waals surface area contributed by atoms with Crippen LogP contribution < -0.4 is 9.64 Å². The number of ether oxygens (including phenoxy) is 1. The lowest BCUT2D eigenvalue weighted by molar-refractivity contribution is -0.132. The van der Waals surface area contributed by atoms with E-state index in [-0.39, 0.29) is 11.3 Å². The molecule has 34 heavy (non-hydrogen) atoms. The monoisotopic (exact) mass is 534 g/mol. The zero-order valence-corrected chi connectivity index (χ0v) is 20.7. The first kappa shape index (κ1) is 22.3. The molecule has 0 spiro atoms. The number of fused-ring (bicyclic) bond motifs is 1. The number of aryl methyl sites for hydroxylation is 1. The molecule has 1 atom stereocenters. The number of hydrogen-bond donors (Lipinski definition) is 1. The van der Waals surface area contributed by atoms with Crippen LogP contribution in [0.5, 0.6) is 5.75 Å². The number of benzene rings is 3. The van der Waals surface area contributed by atoms with Crippen LogP contribution in [0, 0.1) is 6.92 Å². The Kier molecular flexibility index (Phi) is 5.71. The van der Waals surface area contributed by atoms with Crippen LogP contribution in [0.15, 0.2) is 76.8 Å². The summed E-state index contributed by atoms with van der Waals surface area (Å²) in [7, 11) is 1.58. The minimum absolute atomic E-state index is 0.0313. The number of amides is 1. The van der Waals surface area contributed by atoms with E-state index in [1.807, 2.05) is 55.5 Å². The number of hydrogen-bond acceptors (Lipinski definition) is 6. The van der Waals surface area contributed by atoms with Gasteiger partial charge < -0.3 is 9.84 Å². The molecule has 1 fully saturated rings. The summed E-state index contributed by atoms with van der Waals surface area (Å²) < 4.78 is 6.92. The summed E-state index contributed by atoms with van der Waals surface area (Å²) in [6.45, 7) is 1.94. The predicted octanol–water partition coefficient (Wildman–Crippen LogP) is 6.00. The summed E-state index contributed by atoms with van der Waals surface area (Å²) >= 11 is 4.77. The van der Waals surface area contributed by atoms with Gasteiger partial charge in [-0.3, -0.25) is 14.5 Å². The topological polar surface area (TPSA) is 79.7 Å². The van der Waals surface area contributed by atoms with Crippen molar-refractivity contribution < 1.29 is 19.4 Å². The number of Topliss-reactive ketones (excluding diaryl/α,β-unsaturated/α-hetero) is 1. The third-order valence-corrected chi connectivity index (χ3v) is 7.23. The molecule has 170 valence electrons. The van der Waals surface area contributed by atoms with Crippen molar-refractivity contribution in [3.63, 3.8) is 0 Å². The Hall–Kier alpha value is -3.49. The molecule has 1 aromatic heterocycles. The van der Waals surface area contributed by atoms with Crippen molar-refractivity contribution in [2.75, 3.05) is 12.0 Å². The number of aliphatic hydroxyl groups excluding tert-OH is 1. The molecule has 1 amide bonds. The van der Waals surface area contributed by atoms with Gasteiger partial charge in [0, 0.05) is 10.0 Å². The fourth-order valence-corrected chi connectivity index (χ4v) is 5.45. The second-order valence-corrected chi connectivity index (χ2v) is 9.84. The quantitative estimate of drug-likeness (QED) is 0.197. The first-order valence-electron chi connectivity index (χ1n) is 10.5. The van der Waals surface area contributed by atoms with Gasteiger partial charge in [-0.2, -0.15) is 0 Å². The average Bonchev–Trinajstić information content (AvgIpc) is 3.36. The standard InChI is InChI=1S/C26H19BrN2O4S/c1-14-6-8-15(9-7-14)23(30)21-22(16-4-3-5-17(27)12-16)29(25(32)24(21)31)26-28-19-11-10-18(33-2)13-20(19)34-26/h3-13,22,30H,1-2H3/t22-/m1/s1. The van der Waals surface area contributed by atoms with Crippen LogP contribution in [0.2, 0.25) is 0 Å². The lowest BCUT2D eigenvalue weighted by Crippen LogP contribution is -2.29. The molecular weight excluding hydrogens is 516 g/mol. The van der Waals surface area contributed by atoms with Crippen LogP contribution >= 0.6 is 27.3 Å². The highest BCUT2D eigenvalue weighted by molar-refractivity contribution is 9.10. The van der Waals surface area contributed by atoms with Crippen LogP contribution in [0.4, 0.5) is 5.13 Å². The maximum absolute atomic E-state index is 13.3. The highest BCUT2D eigenvalue weighted by Crippen LogP contribution is 2.45. The number of aliphatic hydroxyl groups is 1. The molecule has 0 bridgehead atoms. The fraction of sp³-hybridized carbons (Fsp3) is 0.115. The summed E-state index contributed by atoms with van der Waals surface area (Å²) in [5.41, 5.74) is 2.89. The van der Waals surface area contributed by atoms with E-state index >= 15 is 0 Å². The second kappa shape index (κ2) is 8.70. The highest BCUT2D eigenvalue weighted by Gasteiger charge is 2.48. The molecular formula is C26H19BrN2O4S. The van der Waals surface area contributed by atoms with Gasteiger partial charge in [-0.05, 0) is 42.8 Å². The van der Waals surface area contributed by atoms with Gasteiger partial charge in [0.05, 0.1) is 28.9 Å². The molecule has 1 aliphatic rings. The van der Waals surface area contributed by atoms with Gasteiger partial charge in [-0.1, -0.05) is 69.2 Å². The van der Waals surface area contributed by atoms with Crippen LogP contribution in [0.3, 0.4) is 0 Å². The Morgan fingerprint density at radius 1 is 1.09 bits per heavy atom. The minimum atomic E-state index is -0.832. The maximum Gasteiger partial charge on any atom is 0.301 e. The number of thiazole rings is 1. The summed E-state index contributed by atoms with van der Waals surface area (Å²) in [6, 6.07) is 19.1. The zero-order valence-electron chi connectivity index (χ0n) is 18.3. The molecule has 1 saturated heterocycles. The minimum Gasteiger partial charge on any atom is -0.507 e. The van der Waals surface area contributed by atoms with Gasteiger partial charge in [0.1, 0.15) is 11.5 Å². The van der Waals surface area contributed by atoms with E-state index in [1.54, 1.807) is 25.3 Å². The molecule has 8 heteroatoms. The van der Waals surface area contributed by atoms with E-state index in [2.05, 4.69) is 20.9 Å². The average molecular weight is 535 g/mol. The molecule has 3 aromatic carbocycles. The molecule has 5 rings (SSSR count). The van der Waals surface area contributed by atoms with Crippen LogP contribution in [0.25, 0.3) is 16.0 Å². The molecule has 0 saturated carbocycles. The van der Waals surface area contributed by atoms with Crippen molar-refractivity contribution in [1.82, 2.24) is 4.98 Å². The number of carbonyl (C=O) groups excluding carboxylic acids is 2. The van der Waals surface area contributed by atoms with Crippen molar-refractivity contribution in [2.24, 2.45) is 0 Å². The van der Waals surface area contributed by atoms with E-state index in [1.165, 1.54) is 16.2 Å². The Labute approximate surface area is 208 Å². The van der Waals surface area contributed by atoms with E-state index in [0.29, 0.717) is 27.5 Å². The number of halogens is 1. The molecule has 6 nitrogen and oxygen atoms in total. The van der Waals surface area contributed by atoms with E-state index in [4.69, 9.17) is 4.74 Å².